The molecular formula is C12H6Cl3N2O+. The van der Waals surface area contributed by atoms with E-state index in [1.54, 1.807) is 30.3 Å². The molecule has 2 aromatic rings. The van der Waals surface area contributed by atoms with Crippen molar-refractivity contribution in [1.82, 2.24) is 0 Å². The molecule has 0 aromatic heterocycles. The van der Waals surface area contributed by atoms with Crippen molar-refractivity contribution in [3.8, 4) is 11.5 Å². The Balaban J connectivity index is 2.37. The minimum atomic E-state index is 0.216. The SMILES string of the molecule is N#[N+]c1cc(Cl)ccc1Oc1ccc(Cl)cc1Cl. The first-order valence-electron chi connectivity index (χ1n) is 4.87. The van der Waals surface area contributed by atoms with E-state index in [-0.39, 0.29) is 5.69 Å². The lowest BCUT2D eigenvalue weighted by molar-refractivity contribution is 0.485. The Labute approximate surface area is 118 Å². The molecule has 0 amide bonds. The summed E-state index contributed by atoms with van der Waals surface area (Å²) >= 11 is 17.5. The predicted octanol–water partition coefficient (Wildman–Crippen LogP) is 5.92. The van der Waals surface area contributed by atoms with Crippen molar-refractivity contribution < 1.29 is 4.74 Å². The van der Waals surface area contributed by atoms with Gasteiger partial charge in [-0.05, 0) is 30.3 Å². The second-order valence-corrected chi connectivity index (χ2v) is 4.67. The van der Waals surface area contributed by atoms with Crippen molar-refractivity contribution in [2.75, 3.05) is 0 Å². The summed E-state index contributed by atoms with van der Waals surface area (Å²) in [5.41, 5.74) is 0.216. The van der Waals surface area contributed by atoms with Gasteiger partial charge in [-0.15, -0.1) is 0 Å². The molecule has 0 N–H and O–H groups in total. The highest BCUT2D eigenvalue weighted by molar-refractivity contribution is 6.35. The average molecular weight is 301 g/mol. The Morgan fingerprint density at radius 3 is 2.11 bits per heavy atom. The maximum absolute atomic E-state index is 8.87. The molecule has 0 saturated carbocycles. The van der Waals surface area contributed by atoms with Crippen LogP contribution in [0.15, 0.2) is 36.4 Å². The molecule has 0 radical (unpaired) electrons. The van der Waals surface area contributed by atoms with Gasteiger partial charge in [0.15, 0.2) is 4.98 Å². The molecule has 0 aliphatic carbocycles. The molecule has 0 spiro atoms. The minimum Gasteiger partial charge on any atom is -0.447 e. The lowest BCUT2D eigenvalue weighted by Crippen LogP contribution is -1.85. The molecule has 2 rings (SSSR count). The summed E-state index contributed by atoms with van der Waals surface area (Å²) in [6.07, 6.45) is 0. The molecule has 0 aliphatic rings. The Hall–Kier alpha value is -1.47. The molecule has 0 saturated heterocycles. The normalized spacial score (nSPS) is 9.89. The third-order valence-electron chi connectivity index (χ3n) is 2.14. The molecular weight excluding hydrogens is 295 g/mol. The van der Waals surface area contributed by atoms with Gasteiger partial charge in [0, 0.05) is 10.0 Å². The average Bonchev–Trinajstić information content (AvgIpc) is 2.34. The zero-order valence-electron chi connectivity index (χ0n) is 8.90. The van der Waals surface area contributed by atoms with E-state index in [0.29, 0.717) is 26.6 Å². The van der Waals surface area contributed by atoms with Crippen LogP contribution in [0, 0.1) is 5.39 Å². The van der Waals surface area contributed by atoms with Crippen molar-refractivity contribution in [3.05, 3.63) is 56.4 Å². The van der Waals surface area contributed by atoms with Crippen LogP contribution in [0.5, 0.6) is 11.5 Å². The van der Waals surface area contributed by atoms with Gasteiger partial charge in [-0.1, -0.05) is 34.8 Å². The highest BCUT2D eigenvalue weighted by Gasteiger charge is 2.17. The van der Waals surface area contributed by atoms with E-state index < -0.39 is 0 Å². The van der Waals surface area contributed by atoms with Crippen LogP contribution in [0.25, 0.3) is 4.98 Å². The van der Waals surface area contributed by atoms with Crippen LogP contribution in [0.1, 0.15) is 0 Å². The largest absolute Gasteiger partial charge is 0.447 e. The van der Waals surface area contributed by atoms with Gasteiger partial charge in [-0.2, -0.15) is 0 Å². The quantitative estimate of drug-likeness (QED) is 0.645. The van der Waals surface area contributed by atoms with Gasteiger partial charge in [0.05, 0.1) is 11.1 Å². The van der Waals surface area contributed by atoms with Crippen molar-refractivity contribution in [2.24, 2.45) is 0 Å². The molecule has 90 valence electrons. The molecule has 0 unspecified atom stereocenters. The van der Waals surface area contributed by atoms with Crippen molar-refractivity contribution in [2.45, 2.75) is 0 Å². The fraction of sp³-hybridized carbons (Fsp3) is 0. The van der Waals surface area contributed by atoms with Gasteiger partial charge < -0.3 is 4.74 Å². The fourth-order valence-corrected chi connectivity index (χ4v) is 1.94. The zero-order valence-corrected chi connectivity index (χ0v) is 11.2. The van der Waals surface area contributed by atoms with Crippen LogP contribution in [0.2, 0.25) is 15.1 Å². The molecule has 18 heavy (non-hydrogen) atoms. The second-order valence-electron chi connectivity index (χ2n) is 3.39. The number of halogens is 3. The molecule has 0 fully saturated rings. The van der Waals surface area contributed by atoms with Gasteiger partial charge in [0.2, 0.25) is 11.1 Å². The summed E-state index contributed by atoms with van der Waals surface area (Å²) in [5, 5.41) is 10.2. The molecule has 0 heterocycles. The van der Waals surface area contributed by atoms with E-state index in [2.05, 4.69) is 4.98 Å². The van der Waals surface area contributed by atoms with Gasteiger partial charge in [0.25, 0.3) is 0 Å². The maximum Gasteiger partial charge on any atom is 0.428 e. The van der Waals surface area contributed by atoms with Crippen LogP contribution >= 0.6 is 34.8 Å². The third-order valence-corrected chi connectivity index (χ3v) is 2.91. The first-order chi connectivity index (χ1) is 8.60. The summed E-state index contributed by atoms with van der Waals surface area (Å²) < 4.78 is 5.54. The molecule has 0 bridgehead atoms. The van der Waals surface area contributed by atoms with E-state index in [1.165, 1.54) is 6.07 Å². The van der Waals surface area contributed by atoms with Gasteiger partial charge in [0.1, 0.15) is 5.75 Å². The Morgan fingerprint density at radius 2 is 1.50 bits per heavy atom. The number of hydrogen-bond donors (Lipinski definition) is 0. The van der Waals surface area contributed by atoms with Crippen LogP contribution in [0.4, 0.5) is 5.69 Å². The number of diazo groups is 1. The van der Waals surface area contributed by atoms with E-state index in [4.69, 9.17) is 44.9 Å². The van der Waals surface area contributed by atoms with Crippen LogP contribution in [-0.2, 0) is 0 Å². The molecule has 6 heteroatoms. The summed E-state index contributed by atoms with van der Waals surface area (Å²) in [7, 11) is 0. The van der Waals surface area contributed by atoms with Crippen LogP contribution < -0.4 is 4.74 Å². The second kappa shape index (κ2) is 5.45. The Morgan fingerprint density at radius 1 is 0.889 bits per heavy atom. The van der Waals surface area contributed by atoms with E-state index in [9.17, 15) is 0 Å². The predicted molar refractivity (Wildman–Crippen MR) is 72.7 cm³/mol. The number of benzene rings is 2. The van der Waals surface area contributed by atoms with Crippen molar-refractivity contribution >= 4 is 40.5 Å². The van der Waals surface area contributed by atoms with Crippen molar-refractivity contribution in [1.29, 1.82) is 5.39 Å². The summed E-state index contributed by atoms with van der Waals surface area (Å²) in [6, 6.07) is 9.51. The smallest absolute Gasteiger partial charge is 0.428 e. The number of hydrogen-bond acceptors (Lipinski definition) is 2. The number of ether oxygens (including phenoxy) is 1. The Bertz CT molecular complexity index is 638. The highest BCUT2D eigenvalue weighted by atomic mass is 35.5. The van der Waals surface area contributed by atoms with Crippen LogP contribution in [0.3, 0.4) is 0 Å². The number of rotatable bonds is 2. The summed E-state index contributed by atoms with van der Waals surface area (Å²) in [4.78, 5) is 3.10. The van der Waals surface area contributed by atoms with Gasteiger partial charge in [-0.25, -0.2) is 0 Å². The highest BCUT2D eigenvalue weighted by Crippen LogP contribution is 2.37. The van der Waals surface area contributed by atoms with Crippen molar-refractivity contribution in [3.63, 3.8) is 0 Å². The minimum absolute atomic E-state index is 0.216. The molecule has 2 aromatic carbocycles. The van der Waals surface area contributed by atoms with E-state index in [1.807, 2.05) is 0 Å². The van der Waals surface area contributed by atoms with Gasteiger partial charge in [-0.3, -0.25) is 0 Å². The molecule has 3 nitrogen and oxygen atoms in total. The fourth-order valence-electron chi connectivity index (χ4n) is 1.33. The Kier molecular flexibility index (Phi) is 3.93. The lowest BCUT2D eigenvalue weighted by atomic mass is 10.3. The topological polar surface area (TPSA) is 37.4 Å². The number of nitrogens with zero attached hydrogens (tertiary/aromatic N) is 2. The van der Waals surface area contributed by atoms with E-state index >= 15 is 0 Å². The van der Waals surface area contributed by atoms with E-state index in [0.717, 1.165) is 0 Å². The molecule has 0 aliphatic heterocycles. The zero-order chi connectivity index (χ0) is 13.1. The summed E-state index contributed by atoms with van der Waals surface area (Å²) in [6.45, 7) is 0. The monoisotopic (exact) mass is 299 g/mol. The standard InChI is InChI=1S/C12H6Cl3N2O/c13-7-1-3-11(9(15)5-7)18-12-4-2-8(14)6-10(12)17-16/h1-6H/q+1. The third kappa shape index (κ3) is 2.85. The lowest BCUT2D eigenvalue weighted by Gasteiger charge is -2.05. The maximum atomic E-state index is 8.87. The first kappa shape index (κ1) is 13.0. The first-order valence-corrected chi connectivity index (χ1v) is 6.01. The van der Waals surface area contributed by atoms with Gasteiger partial charge >= 0.3 is 5.69 Å². The summed E-state index contributed by atoms with van der Waals surface area (Å²) in [5.74, 6) is 0.749. The van der Waals surface area contributed by atoms with Crippen LogP contribution in [-0.4, -0.2) is 0 Å². The molecule has 0 atom stereocenters.